The van der Waals surface area contributed by atoms with Gasteiger partial charge < -0.3 is 10.4 Å². The van der Waals surface area contributed by atoms with Crippen molar-refractivity contribution in [1.82, 2.24) is 5.32 Å². The Morgan fingerprint density at radius 2 is 2.22 bits per heavy atom. The van der Waals surface area contributed by atoms with Crippen LogP contribution in [-0.2, 0) is 9.59 Å². The van der Waals surface area contributed by atoms with E-state index in [2.05, 4.69) is 5.32 Å². The maximum Gasteiger partial charge on any atom is 0.326 e. The Kier molecular flexibility index (Phi) is 5.85. The van der Waals surface area contributed by atoms with Gasteiger partial charge in [0.1, 0.15) is 6.04 Å². The molecule has 4 nitrogen and oxygen atoms in total. The minimum Gasteiger partial charge on any atom is -0.480 e. The van der Waals surface area contributed by atoms with E-state index in [1.54, 1.807) is 6.92 Å². The van der Waals surface area contributed by atoms with E-state index in [-0.39, 0.29) is 11.8 Å². The van der Waals surface area contributed by atoms with E-state index >= 15 is 0 Å². The lowest BCUT2D eigenvalue weighted by atomic mass is 10.1. The van der Waals surface area contributed by atoms with Crippen LogP contribution in [0.15, 0.2) is 17.5 Å². The topological polar surface area (TPSA) is 66.4 Å². The Balaban J connectivity index is 2.58. The second-order valence-corrected chi connectivity index (χ2v) is 5.26. The van der Waals surface area contributed by atoms with Crippen molar-refractivity contribution in [2.45, 2.75) is 45.1 Å². The number of carbonyl (C=O) groups excluding carboxylic acids is 1. The van der Waals surface area contributed by atoms with Crippen LogP contribution in [0.5, 0.6) is 0 Å². The van der Waals surface area contributed by atoms with Crippen LogP contribution < -0.4 is 5.32 Å². The summed E-state index contributed by atoms with van der Waals surface area (Å²) in [4.78, 5) is 23.9. The highest BCUT2D eigenvalue weighted by molar-refractivity contribution is 7.10. The van der Waals surface area contributed by atoms with Crippen molar-refractivity contribution in [3.8, 4) is 0 Å². The van der Waals surface area contributed by atoms with Crippen molar-refractivity contribution in [2.75, 3.05) is 0 Å². The number of rotatable bonds is 7. The number of unbranched alkanes of at least 4 members (excludes halogenated alkanes) is 1. The van der Waals surface area contributed by atoms with Gasteiger partial charge in [-0.3, -0.25) is 4.79 Å². The highest BCUT2D eigenvalue weighted by Gasteiger charge is 2.23. The fourth-order valence-corrected chi connectivity index (χ4v) is 2.41. The van der Waals surface area contributed by atoms with Gasteiger partial charge in [-0.15, -0.1) is 11.3 Å². The van der Waals surface area contributed by atoms with Crippen LogP contribution in [0.3, 0.4) is 0 Å². The summed E-state index contributed by atoms with van der Waals surface area (Å²) in [5, 5.41) is 13.6. The van der Waals surface area contributed by atoms with Crippen molar-refractivity contribution in [3.05, 3.63) is 22.4 Å². The normalized spacial score (nSPS) is 13.9. The summed E-state index contributed by atoms with van der Waals surface area (Å²) in [6.45, 7) is 3.79. The summed E-state index contributed by atoms with van der Waals surface area (Å²) in [5.41, 5.74) is 0. The molecule has 1 amide bonds. The molecule has 0 fully saturated rings. The van der Waals surface area contributed by atoms with Gasteiger partial charge in [0.25, 0.3) is 0 Å². The van der Waals surface area contributed by atoms with Gasteiger partial charge in [0.05, 0.1) is 5.92 Å². The number of aliphatic carboxylic acids is 1. The molecule has 1 aromatic rings. The van der Waals surface area contributed by atoms with Crippen LogP contribution in [0, 0.1) is 0 Å². The Hall–Kier alpha value is -1.36. The lowest BCUT2D eigenvalue weighted by Crippen LogP contribution is -2.42. The molecule has 0 aliphatic heterocycles. The van der Waals surface area contributed by atoms with Gasteiger partial charge in [-0.1, -0.05) is 25.8 Å². The minimum atomic E-state index is -0.963. The first kappa shape index (κ1) is 14.7. The first-order valence-electron chi connectivity index (χ1n) is 6.12. The summed E-state index contributed by atoms with van der Waals surface area (Å²) in [6, 6.07) is 2.99. The molecule has 0 radical (unpaired) electrons. The highest BCUT2D eigenvalue weighted by Crippen LogP contribution is 2.21. The summed E-state index contributed by atoms with van der Waals surface area (Å²) in [5.74, 6) is -1.48. The quantitative estimate of drug-likeness (QED) is 0.799. The number of nitrogens with one attached hydrogen (secondary N) is 1. The molecular formula is C13H19NO3S. The molecule has 0 spiro atoms. The molecule has 5 heteroatoms. The molecule has 0 saturated heterocycles. The fourth-order valence-electron chi connectivity index (χ4n) is 1.63. The summed E-state index contributed by atoms with van der Waals surface area (Å²) in [7, 11) is 0. The summed E-state index contributed by atoms with van der Waals surface area (Å²) in [6.07, 6.45) is 2.19. The van der Waals surface area contributed by atoms with Crippen molar-refractivity contribution >= 4 is 23.2 Å². The molecule has 2 N–H and O–H groups in total. The molecule has 2 unspecified atom stereocenters. The smallest absolute Gasteiger partial charge is 0.326 e. The van der Waals surface area contributed by atoms with Crippen molar-refractivity contribution < 1.29 is 14.7 Å². The third-order valence-electron chi connectivity index (χ3n) is 2.82. The van der Waals surface area contributed by atoms with E-state index in [0.717, 1.165) is 17.7 Å². The average molecular weight is 269 g/mol. The van der Waals surface area contributed by atoms with E-state index in [1.165, 1.54) is 11.3 Å². The molecule has 1 rings (SSSR count). The Morgan fingerprint density at radius 3 is 2.72 bits per heavy atom. The third-order valence-corrected chi connectivity index (χ3v) is 3.88. The molecule has 18 heavy (non-hydrogen) atoms. The third kappa shape index (κ3) is 4.14. The van der Waals surface area contributed by atoms with E-state index in [4.69, 9.17) is 5.11 Å². The first-order chi connectivity index (χ1) is 8.56. The zero-order valence-electron chi connectivity index (χ0n) is 10.7. The molecule has 0 aliphatic carbocycles. The Bertz CT molecular complexity index is 389. The van der Waals surface area contributed by atoms with E-state index < -0.39 is 12.0 Å². The predicted octanol–water partition coefficient (Wildman–Crippen LogP) is 2.61. The van der Waals surface area contributed by atoms with E-state index in [0.29, 0.717) is 6.42 Å². The zero-order chi connectivity index (χ0) is 13.5. The van der Waals surface area contributed by atoms with Crippen molar-refractivity contribution in [2.24, 2.45) is 0 Å². The first-order valence-corrected chi connectivity index (χ1v) is 7.00. The van der Waals surface area contributed by atoms with Crippen molar-refractivity contribution in [3.63, 3.8) is 0 Å². The zero-order valence-corrected chi connectivity index (χ0v) is 11.5. The summed E-state index contributed by atoms with van der Waals surface area (Å²) >= 11 is 1.50. The fraction of sp³-hybridized carbons (Fsp3) is 0.538. The number of thiophene rings is 1. The molecule has 0 aromatic carbocycles. The second-order valence-electron chi connectivity index (χ2n) is 4.28. The van der Waals surface area contributed by atoms with Crippen LogP contribution in [0.1, 0.15) is 43.9 Å². The van der Waals surface area contributed by atoms with Gasteiger partial charge in [0.2, 0.25) is 5.91 Å². The molecule has 0 aliphatic rings. The van der Waals surface area contributed by atoms with Gasteiger partial charge in [0, 0.05) is 4.88 Å². The van der Waals surface area contributed by atoms with Gasteiger partial charge >= 0.3 is 5.97 Å². The van der Waals surface area contributed by atoms with Crippen LogP contribution in [0.4, 0.5) is 0 Å². The van der Waals surface area contributed by atoms with Gasteiger partial charge in [-0.2, -0.15) is 0 Å². The molecule has 0 saturated carbocycles. The molecular weight excluding hydrogens is 250 g/mol. The number of carbonyl (C=O) groups is 2. The number of hydrogen-bond acceptors (Lipinski definition) is 3. The largest absolute Gasteiger partial charge is 0.480 e. The highest BCUT2D eigenvalue weighted by atomic mass is 32.1. The van der Waals surface area contributed by atoms with E-state index in [1.807, 2.05) is 24.4 Å². The molecule has 100 valence electrons. The van der Waals surface area contributed by atoms with Crippen LogP contribution in [-0.4, -0.2) is 23.0 Å². The van der Waals surface area contributed by atoms with Crippen molar-refractivity contribution in [1.29, 1.82) is 0 Å². The maximum absolute atomic E-state index is 12.0. The minimum absolute atomic E-state index is 0.221. The molecule has 1 aromatic heterocycles. The number of carboxylic acid groups (broad SMARTS) is 1. The number of amides is 1. The molecule has 2 atom stereocenters. The predicted molar refractivity (Wildman–Crippen MR) is 71.8 cm³/mol. The van der Waals surface area contributed by atoms with Gasteiger partial charge in [-0.25, -0.2) is 4.79 Å². The monoisotopic (exact) mass is 269 g/mol. The van der Waals surface area contributed by atoms with Crippen LogP contribution >= 0.6 is 11.3 Å². The van der Waals surface area contributed by atoms with Crippen LogP contribution in [0.2, 0.25) is 0 Å². The molecule has 0 bridgehead atoms. The lowest BCUT2D eigenvalue weighted by Gasteiger charge is -2.17. The number of hydrogen-bond donors (Lipinski definition) is 2. The van der Waals surface area contributed by atoms with Crippen LogP contribution in [0.25, 0.3) is 0 Å². The molecule has 1 heterocycles. The van der Waals surface area contributed by atoms with Gasteiger partial charge in [-0.05, 0) is 24.8 Å². The standard InChI is InChI=1S/C13H19NO3S/c1-3-4-6-10(13(16)17)14-12(15)9(2)11-7-5-8-18-11/h5,7-10H,3-4,6H2,1-2H3,(H,14,15)(H,16,17). The Morgan fingerprint density at radius 1 is 1.50 bits per heavy atom. The average Bonchev–Trinajstić information content (AvgIpc) is 2.86. The second kappa shape index (κ2) is 7.16. The van der Waals surface area contributed by atoms with E-state index in [9.17, 15) is 9.59 Å². The van der Waals surface area contributed by atoms with Gasteiger partial charge in [0.15, 0.2) is 0 Å². The lowest BCUT2D eigenvalue weighted by molar-refractivity contribution is -0.142. The SMILES string of the molecule is CCCCC(NC(=O)C(C)c1cccs1)C(=O)O. The summed E-state index contributed by atoms with van der Waals surface area (Å²) < 4.78 is 0. The Labute approximate surface area is 111 Å². The maximum atomic E-state index is 12.0. The number of carboxylic acids is 1.